The van der Waals surface area contributed by atoms with Crippen LogP contribution < -0.4 is 10.2 Å². The molecular formula is C45H32N2O. The van der Waals surface area contributed by atoms with Crippen LogP contribution >= 0.6 is 0 Å². The summed E-state index contributed by atoms with van der Waals surface area (Å²) < 4.78 is 6.53. The number of anilines is 3. The minimum atomic E-state index is 0.714. The highest BCUT2D eigenvalue weighted by Crippen LogP contribution is 2.48. The van der Waals surface area contributed by atoms with Crippen LogP contribution in [-0.2, 0) is 6.54 Å². The minimum absolute atomic E-state index is 0.714. The van der Waals surface area contributed by atoms with Crippen LogP contribution in [0.3, 0.4) is 0 Å². The summed E-state index contributed by atoms with van der Waals surface area (Å²) in [7, 11) is 0. The van der Waals surface area contributed by atoms with Crippen molar-refractivity contribution in [1.29, 1.82) is 0 Å². The summed E-state index contributed by atoms with van der Waals surface area (Å²) in [6.45, 7) is 0.714. The minimum Gasteiger partial charge on any atom is -0.456 e. The van der Waals surface area contributed by atoms with Gasteiger partial charge in [0.25, 0.3) is 0 Å². The molecule has 0 saturated carbocycles. The maximum atomic E-state index is 6.53. The lowest BCUT2D eigenvalue weighted by molar-refractivity contribution is 0.668. The third-order valence-corrected chi connectivity index (χ3v) is 9.30. The van der Waals surface area contributed by atoms with Crippen molar-refractivity contribution < 1.29 is 4.42 Å². The van der Waals surface area contributed by atoms with Gasteiger partial charge in [-0.25, -0.2) is 0 Å². The number of furan rings is 1. The lowest BCUT2D eigenvalue weighted by Crippen LogP contribution is -2.18. The largest absolute Gasteiger partial charge is 0.456 e. The van der Waals surface area contributed by atoms with Gasteiger partial charge in [0, 0.05) is 28.9 Å². The normalized spacial score (nSPS) is 12.2. The van der Waals surface area contributed by atoms with Gasteiger partial charge in [-0.05, 0) is 87.6 Å². The first kappa shape index (κ1) is 27.9. The molecule has 1 aliphatic rings. The number of nitrogens with zero attached hydrogens (tertiary/aromatic N) is 1. The van der Waals surface area contributed by atoms with Crippen molar-refractivity contribution in [2.45, 2.75) is 6.54 Å². The number of para-hydroxylation sites is 1. The molecule has 0 bridgehead atoms. The van der Waals surface area contributed by atoms with E-state index >= 15 is 0 Å². The molecule has 0 atom stereocenters. The van der Waals surface area contributed by atoms with E-state index in [1.165, 1.54) is 33.4 Å². The molecule has 7 aromatic carbocycles. The average Bonchev–Trinajstić information content (AvgIpc) is 3.54. The van der Waals surface area contributed by atoms with Gasteiger partial charge in [0.1, 0.15) is 11.2 Å². The van der Waals surface area contributed by atoms with Crippen LogP contribution in [0.1, 0.15) is 11.1 Å². The van der Waals surface area contributed by atoms with E-state index in [1.54, 1.807) is 0 Å². The summed E-state index contributed by atoms with van der Waals surface area (Å²) >= 11 is 0. The summed E-state index contributed by atoms with van der Waals surface area (Å²) in [5.41, 5.74) is 14.6. The number of nitrogens with one attached hydrogen (secondary N) is 1. The molecule has 0 fully saturated rings. The van der Waals surface area contributed by atoms with Crippen LogP contribution in [-0.4, -0.2) is 0 Å². The Labute approximate surface area is 280 Å². The number of benzene rings is 7. The molecule has 1 N–H and O–H groups in total. The SMILES string of the molecule is C1=Cc2cc3oc4ccccc4c3c(N(c3cccc(-c4ccccc4)c3)c3cccc(-c4ccc(-c5ccccc5)cc4)c3)c2CN1. The zero-order chi connectivity index (χ0) is 31.9. The number of rotatable bonds is 6. The number of fused-ring (bicyclic) bond motifs is 4. The van der Waals surface area contributed by atoms with E-state index < -0.39 is 0 Å². The second-order valence-corrected chi connectivity index (χ2v) is 12.2. The fourth-order valence-electron chi connectivity index (χ4n) is 6.99. The van der Waals surface area contributed by atoms with Gasteiger partial charge in [0.2, 0.25) is 0 Å². The first-order chi connectivity index (χ1) is 23.8. The van der Waals surface area contributed by atoms with Gasteiger partial charge < -0.3 is 14.6 Å². The third-order valence-electron chi connectivity index (χ3n) is 9.30. The maximum Gasteiger partial charge on any atom is 0.138 e. The van der Waals surface area contributed by atoms with Gasteiger partial charge in [-0.15, -0.1) is 0 Å². The molecule has 8 aromatic rings. The van der Waals surface area contributed by atoms with E-state index in [1.807, 2.05) is 12.3 Å². The molecule has 3 heteroatoms. The molecule has 0 saturated heterocycles. The maximum absolute atomic E-state index is 6.53. The van der Waals surface area contributed by atoms with Crippen LogP contribution in [0, 0.1) is 0 Å². The van der Waals surface area contributed by atoms with Gasteiger partial charge in [-0.1, -0.05) is 127 Å². The fraction of sp³-hybridized carbons (Fsp3) is 0.0222. The molecule has 0 radical (unpaired) electrons. The molecule has 0 unspecified atom stereocenters. The summed E-state index contributed by atoms with van der Waals surface area (Å²) in [6, 6.07) is 58.3. The van der Waals surface area contributed by atoms with Crippen molar-refractivity contribution >= 4 is 45.1 Å². The lowest BCUT2D eigenvalue weighted by Gasteiger charge is -2.31. The van der Waals surface area contributed by atoms with Crippen LogP contribution in [0.2, 0.25) is 0 Å². The molecule has 1 aliphatic heterocycles. The molecule has 48 heavy (non-hydrogen) atoms. The van der Waals surface area contributed by atoms with E-state index in [-0.39, 0.29) is 0 Å². The lowest BCUT2D eigenvalue weighted by atomic mass is 9.95. The zero-order valence-corrected chi connectivity index (χ0v) is 26.3. The van der Waals surface area contributed by atoms with Crippen molar-refractivity contribution in [2.75, 3.05) is 4.90 Å². The fourth-order valence-corrected chi connectivity index (χ4v) is 6.99. The Balaban J connectivity index is 1.27. The molecular weight excluding hydrogens is 585 g/mol. The molecule has 0 amide bonds. The van der Waals surface area contributed by atoms with Gasteiger partial charge in [-0.3, -0.25) is 0 Å². The van der Waals surface area contributed by atoms with Gasteiger partial charge in [0.15, 0.2) is 0 Å². The van der Waals surface area contributed by atoms with E-state index in [9.17, 15) is 0 Å². The Morgan fingerprint density at radius 1 is 0.479 bits per heavy atom. The highest BCUT2D eigenvalue weighted by Gasteiger charge is 2.26. The second kappa shape index (κ2) is 11.8. The highest BCUT2D eigenvalue weighted by atomic mass is 16.3. The summed E-state index contributed by atoms with van der Waals surface area (Å²) in [6.07, 6.45) is 4.18. The molecule has 228 valence electrons. The summed E-state index contributed by atoms with van der Waals surface area (Å²) in [5.74, 6) is 0. The van der Waals surface area contributed by atoms with Crippen molar-refractivity contribution in [3.05, 3.63) is 181 Å². The van der Waals surface area contributed by atoms with Crippen LogP contribution in [0.4, 0.5) is 17.1 Å². The van der Waals surface area contributed by atoms with Crippen LogP contribution in [0.25, 0.3) is 61.4 Å². The van der Waals surface area contributed by atoms with E-state index in [2.05, 4.69) is 174 Å². The van der Waals surface area contributed by atoms with E-state index in [0.717, 1.165) is 50.1 Å². The summed E-state index contributed by atoms with van der Waals surface area (Å²) in [4.78, 5) is 2.43. The Bertz CT molecular complexity index is 2440. The molecule has 9 rings (SSSR count). The topological polar surface area (TPSA) is 28.4 Å². The first-order valence-electron chi connectivity index (χ1n) is 16.4. The molecule has 2 heterocycles. The van der Waals surface area contributed by atoms with Gasteiger partial charge in [-0.2, -0.15) is 0 Å². The standard InChI is InChI=1S/C45H32N2O/c1-3-11-31(12-4-1)33-21-23-34(24-22-33)36-16-10-18-39(28-36)47(38-17-9-15-35(27-38)32-13-5-2-6-14-32)45-41-30-46-26-25-37(41)29-43-44(45)40-19-7-8-20-42(40)48-43/h1-29,46H,30H2. The van der Waals surface area contributed by atoms with E-state index in [0.29, 0.717) is 6.54 Å². The Kier molecular flexibility index (Phi) is 6.87. The van der Waals surface area contributed by atoms with Crippen molar-refractivity contribution in [3.8, 4) is 33.4 Å². The van der Waals surface area contributed by atoms with Crippen molar-refractivity contribution in [1.82, 2.24) is 5.32 Å². The zero-order valence-electron chi connectivity index (χ0n) is 26.3. The summed E-state index contributed by atoms with van der Waals surface area (Å²) in [5, 5.41) is 5.72. The molecule has 0 aliphatic carbocycles. The Morgan fingerprint density at radius 3 is 1.69 bits per heavy atom. The predicted octanol–water partition coefficient (Wildman–Crippen LogP) is 12.1. The quantitative estimate of drug-likeness (QED) is 0.201. The third kappa shape index (κ3) is 4.94. The number of hydrogen-bond donors (Lipinski definition) is 1. The average molecular weight is 617 g/mol. The van der Waals surface area contributed by atoms with Gasteiger partial charge in [0.05, 0.1) is 11.1 Å². The van der Waals surface area contributed by atoms with Crippen molar-refractivity contribution in [2.24, 2.45) is 0 Å². The number of hydrogen-bond acceptors (Lipinski definition) is 3. The smallest absolute Gasteiger partial charge is 0.138 e. The molecule has 1 aromatic heterocycles. The molecule has 0 spiro atoms. The van der Waals surface area contributed by atoms with Gasteiger partial charge >= 0.3 is 0 Å². The van der Waals surface area contributed by atoms with Crippen LogP contribution in [0.5, 0.6) is 0 Å². The van der Waals surface area contributed by atoms with Crippen LogP contribution in [0.15, 0.2) is 174 Å². The van der Waals surface area contributed by atoms with E-state index in [4.69, 9.17) is 4.42 Å². The first-order valence-corrected chi connectivity index (χ1v) is 16.4. The van der Waals surface area contributed by atoms with Crippen molar-refractivity contribution in [3.63, 3.8) is 0 Å². The molecule has 3 nitrogen and oxygen atoms in total. The Morgan fingerprint density at radius 2 is 1.02 bits per heavy atom. The predicted molar refractivity (Wildman–Crippen MR) is 201 cm³/mol. The monoisotopic (exact) mass is 616 g/mol. The second-order valence-electron chi connectivity index (χ2n) is 12.2. The highest BCUT2D eigenvalue weighted by molar-refractivity contribution is 6.15. The Hall–Kier alpha value is -6.32.